The minimum Gasteiger partial charge on any atom is -0.0622 e. The molecule has 0 heterocycles. The monoisotopic (exact) mass is 678 g/mol. The molecule has 0 bridgehead atoms. The molecular weight excluding hydrogens is 649 g/mol. The van der Waals surface area contributed by atoms with Gasteiger partial charge in [-0.05, 0) is 142 Å². The van der Waals surface area contributed by atoms with Gasteiger partial charge in [0.15, 0.2) is 0 Å². The second-order valence-corrected chi connectivity index (χ2v) is 15.1. The fourth-order valence-corrected chi connectivity index (χ4v) is 10.4. The fraction of sp³-hybridized carbons (Fsp3) is 0. The van der Waals surface area contributed by atoms with Gasteiger partial charge in [0.25, 0.3) is 0 Å². The predicted molar refractivity (Wildman–Crippen MR) is 235 cm³/mol. The molecule has 0 radical (unpaired) electrons. The van der Waals surface area contributed by atoms with E-state index in [1.54, 1.807) is 0 Å². The summed E-state index contributed by atoms with van der Waals surface area (Å²) >= 11 is 0. The van der Waals surface area contributed by atoms with Crippen molar-refractivity contribution in [1.29, 1.82) is 0 Å². The Kier molecular flexibility index (Phi) is 5.45. The van der Waals surface area contributed by atoms with Crippen molar-refractivity contribution >= 4 is 108 Å². The molecule has 0 aliphatic carbocycles. The molecule has 0 aromatic heterocycles. The van der Waals surface area contributed by atoms with Crippen LogP contribution < -0.4 is 0 Å². The van der Waals surface area contributed by atoms with E-state index in [0.717, 1.165) is 0 Å². The summed E-state index contributed by atoms with van der Waals surface area (Å²) in [6, 6.07) is 68.4. The quantitative estimate of drug-likeness (QED) is 0.160. The maximum Gasteiger partial charge on any atom is -0.000697 e. The van der Waals surface area contributed by atoms with Crippen LogP contribution in [0.5, 0.6) is 0 Å². The average molecular weight is 679 g/mol. The highest BCUT2D eigenvalue weighted by molar-refractivity contribution is 6.46. The Labute approximate surface area is 310 Å². The van der Waals surface area contributed by atoms with E-state index in [1.165, 1.54) is 130 Å². The van der Waals surface area contributed by atoms with Crippen LogP contribution >= 0.6 is 0 Å². The Morgan fingerprint density at radius 2 is 0.667 bits per heavy atom. The summed E-state index contributed by atoms with van der Waals surface area (Å²) in [4.78, 5) is 0. The van der Waals surface area contributed by atoms with E-state index in [0.29, 0.717) is 0 Å². The lowest BCUT2D eigenvalue weighted by Crippen LogP contribution is -1.91. The molecule has 0 aliphatic heterocycles. The lowest BCUT2D eigenvalue weighted by atomic mass is 9.83. The number of hydrogen-bond donors (Lipinski definition) is 0. The SMILES string of the molecule is c1ccc(-c2c3cc4c5ccccc5c5cccc(c3c(-c3ccccc3)c3c6cc7ccc8c9ccccc9ccc8c7c7cccc(c23)c67)c54)cc1. The van der Waals surface area contributed by atoms with E-state index < -0.39 is 0 Å². The first-order chi connectivity index (χ1) is 26.8. The van der Waals surface area contributed by atoms with Gasteiger partial charge in [-0.2, -0.15) is 0 Å². The molecule has 0 nitrogen and oxygen atoms in total. The zero-order valence-corrected chi connectivity index (χ0v) is 29.3. The summed E-state index contributed by atoms with van der Waals surface area (Å²) < 4.78 is 0. The Morgan fingerprint density at radius 3 is 1.43 bits per heavy atom. The van der Waals surface area contributed by atoms with Crippen molar-refractivity contribution in [3.05, 3.63) is 182 Å². The summed E-state index contributed by atoms with van der Waals surface area (Å²) in [5.74, 6) is 0. The van der Waals surface area contributed by atoms with Gasteiger partial charge in [0.1, 0.15) is 0 Å². The maximum absolute atomic E-state index is 2.53. The molecule has 0 unspecified atom stereocenters. The van der Waals surface area contributed by atoms with Crippen LogP contribution in [-0.2, 0) is 0 Å². The first-order valence-corrected chi connectivity index (χ1v) is 18.9. The van der Waals surface area contributed by atoms with Crippen molar-refractivity contribution in [3.63, 3.8) is 0 Å². The molecule has 13 aromatic rings. The fourth-order valence-electron chi connectivity index (χ4n) is 10.4. The molecule has 0 saturated carbocycles. The average Bonchev–Trinajstić information content (AvgIpc) is 3.74. The molecule has 54 heavy (non-hydrogen) atoms. The molecule has 13 aromatic carbocycles. The third kappa shape index (κ3) is 3.53. The highest BCUT2D eigenvalue weighted by atomic mass is 14.3. The summed E-state index contributed by atoms with van der Waals surface area (Å²) in [7, 11) is 0. The number of hydrogen-bond acceptors (Lipinski definition) is 0. The third-order valence-electron chi connectivity index (χ3n) is 12.5. The molecule has 0 N–H and O–H groups in total. The second-order valence-electron chi connectivity index (χ2n) is 15.1. The molecule has 13 rings (SSSR count). The minimum absolute atomic E-state index is 1.25. The number of benzene rings is 11. The van der Waals surface area contributed by atoms with Gasteiger partial charge in [-0.3, -0.25) is 0 Å². The molecule has 0 spiro atoms. The van der Waals surface area contributed by atoms with Crippen LogP contribution in [0.3, 0.4) is 0 Å². The molecular formula is C54H30. The van der Waals surface area contributed by atoms with Gasteiger partial charge in [-0.15, -0.1) is 0 Å². The van der Waals surface area contributed by atoms with Crippen molar-refractivity contribution in [2.75, 3.05) is 0 Å². The van der Waals surface area contributed by atoms with Crippen LogP contribution in [0.15, 0.2) is 182 Å². The van der Waals surface area contributed by atoms with Crippen LogP contribution in [0.4, 0.5) is 0 Å². The minimum atomic E-state index is 1.25. The van der Waals surface area contributed by atoms with Crippen LogP contribution in [-0.4, -0.2) is 0 Å². The Morgan fingerprint density at radius 1 is 0.185 bits per heavy atom. The van der Waals surface area contributed by atoms with E-state index in [2.05, 4.69) is 182 Å². The van der Waals surface area contributed by atoms with Gasteiger partial charge in [-0.1, -0.05) is 170 Å². The van der Waals surface area contributed by atoms with Gasteiger partial charge in [0.05, 0.1) is 0 Å². The Hall–Kier alpha value is -7.02. The van der Waals surface area contributed by atoms with Crippen LogP contribution in [0.25, 0.3) is 130 Å². The first-order valence-electron chi connectivity index (χ1n) is 18.9. The van der Waals surface area contributed by atoms with E-state index in [4.69, 9.17) is 0 Å². The van der Waals surface area contributed by atoms with Crippen molar-refractivity contribution < 1.29 is 0 Å². The van der Waals surface area contributed by atoms with E-state index in [1.807, 2.05) is 0 Å². The predicted octanol–water partition coefficient (Wildman–Crippen LogP) is 15.4. The van der Waals surface area contributed by atoms with Crippen LogP contribution in [0.2, 0.25) is 0 Å². The second kappa shape index (κ2) is 10.3. The third-order valence-corrected chi connectivity index (χ3v) is 12.5. The van der Waals surface area contributed by atoms with Crippen molar-refractivity contribution in [2.24, 2.45) is 0 Å². The molecule has 0 fully saturated rings. The summed E-state index contributed by atoms with van der Waals surface area (Å²) in [5.41, 5.74) is 5.14. The maximum atomic E-state index is 2.53. The largest absolute Gasteiger partial charge is 0.0622 e. The van der Waals surface area contributed by atoms with E-state index >= 15 is 0 Å². The summed E-state index contributed by atoms with van der Waals surface area (Å²) in [5, 5.41) is 26.4. The highest BCUT2D eigenvalue weighted by Crippen LogP contribution is 2.55. The zero-order chi connectivity index (χ0) is 35.1. The topological polar surface area (TPSA) is 0 Å². The normalized spacial score (nSPS) is 12.4. The Balaban J connectivity index is 1.35. The van der Waals surface area contributed by atoms with E-state index in [9.17, 15) is 0 Å². The number of fused-ring (bicyclic) bond motifs is 14. The first kappa shape index (κ1) is 28.6. The van der Waals surface area contributed by atoms with Crippen LogP contribution in [0, 0.1) is 0 Å². The standard InChI is InChI=1S/C54H30/c1-3-14-32(15-4-1)48-46-30-44-37-20-10-9-19-36(37)39-21-11-23-42(50(39)44)52(46)49(33-16-5-2-6-17-33)54-45-29-34-26-27-38-35-18-8-7-13-31(35)25-28-40(38)47(34)41-22-12-24-43(51(41)45)53(48)54/h1-30H. The molecule has 0 atom stereocenters. The van der Waals surface area contributed by atoms with Gasteiger partial charge < -0.3 is 0 Å². The van der Waals surface area contributed by atoms with E-state index in [-0.39, 0.29) is 0 Å². The number of rotatable bonds is 2. The zero-order valence-electron chi connectivity index (χ0n) is 29.3. The van der Waals surface area contributed by atoms with Crippen molar-refractivity contribution in [3.8, 4) is 22.3 Å². The molecule has 0 heteroatoms. The molecule has 0 amide bonds. The summed E-state index contributed by atoms with van der Waals surface area (Å²) in [6.45, 7) is 0. The molecule has 0 saturated heterocycles. The molecule has 0 aliphatic rings. The van der Waals surface area contributed by atoms with Crippen LogP contribution in [0.1, 0.15) is 0 Å². The highest BCUT2D eigenvalue weighted by Gasteiger charge is 2.27. The van der Waals surface area contributed by atoms with Gasteiger partial charge >= 0.3 is 0 Å². The van der Waals surface area contributed by atoms with Crippen molar-refractivity contribution in [2.45, 2.75) is 0 Å². The Bertz CT molecular complexity index is 3690. The smallest absolute Gasteiger partial charge is 0.000697 e. The lowest BCUT2D eigenvalue weighted by molar-refractivity contribution is 1.68. The molecule has 246 valence electrons. The lowest BCUT2D eigenvalue weighted by Gasteiger charge is -2.19. The van der Waals surface area contributed by atoms with Crippen molar-refractivity contribution in [1.82, 2.24) is 0 Å². The van der Waals surface area contributed by atoms with Gasteiger partial charge in [0.2, 0.25) is 0 Å². The van der Waals surface area contributed by atoms with Gasteiger partial charge in [-0.25, -0.2) is 0 Å². The summed E-state index contributed by atoms with van der Waals surface area (Å²) in [6.07, 6.45) is 0. The van der Waals surface area contributed by atoms with Gasteiger partial charge in [0, 0.05) is 0 Å².